The first-order valence-corrected chi connectivity index (χ1v) is 3.30. The molecule has 0 N–H and O–H groups in total. The fourth-order valence-corrected chi connectivity index (χ4v) is 0.703. The van der Waals surface area contributed by atoms with E-state index in [1.807, 2.05) is 30.3 Å². The monoisotopic (exact) mass is 147 g/mol. The summed E-state index contributed by atoms with van der Waals surface area (Å²) in [5.74, 6) is 2.63. The smallest absolute Gasteiger partial charge is 0.107 e. The molecule has 0 unspecified atom stereocenters. The molecule has 2 nitrogen and oxygen atoms in total. The Hall–Kier alpha value is -1.53. The van der Waals surface area contributed by atoms with Crippen LogP contribution in [-0.4, -0.2) is 13.0 Å². The zero-order valence-corrected chi connectivity index (χ0v) is 6.32. The van der Waals surface area contributed by atoms with E-state index in [1.165, 1.54) is 7.11 Å². The summed E-state index contributed by atoms with van der Waals surface area (Å²) < 4.78 is 0. The van der Waals surface area contributed by atoms with Gasteiger partial charge >= 0.3 is 0 Å². The predicted molar refractivity (Wildman–Crippen MR) is 45.4 cm³/mol. The molecule has 0 aliphatic rings. The van der Waals surface area contributed by atoms with Crippen LogP contribution in [0.15, 0.2) is 35.5 Å². The van der Waals surface area contributed by atoms with Crippen molar-refractivity contribution in [3.05, 3.63) is 35.9 Å². The van der Waals surface area contributed by atoms with Crippen molar-refractivity contribution < 1.29 is 4.84 Å². The Kier molecular flexibility index (Phi) is 2.97. The van der Waals surface area contributed by atoms with Gasteiger partial charge in [0.1, 0.15) is 7.11 Å². The topological polar surface area (TPSA) is 21.6 Å². The third-order valence-corrected chi connectivity index (χ3v) is 1.17. The normalized spacial score (nSPS) is 8.09. The predicted octanol–water partition coefficient (Wildman–Crippen LogP) is 1.93. The summed E-state index contributed by atoms with van der Waals surface area (Å²) in [5, 5.41) is 3.46. The second kappa shape index (κ2) is 4.31. The lowest BCUT2D eigenvalue weighted by Gasteiger charge is -1.85. The molecule has 0 atom stereocenters. The highest BCUT2D eigenvalue weighted by Gasteiger charge is 1.78. The number of rotatable bonds is 2. The van der Waals surface area contributed by atoms with E-state index in [4.69, 9.17) is 0 Å². The van der Waals surface area contributed by atoms with E-state index in [2.05, 4.69) is 15.9 Å². The van der Waals surface area contributed by atoms with Crippen molar-refractivity contribution in [1.29, 1.82) is 0 Å². The van der Waals surface area contributed by atoms with Gasteiger partial charge in [0.15, 0.2) is 0 Å². The maximum atomic E-state index is 4.45. The molecule has 2 heteroatoms. The standard InChI is InChI=1S/C9H9NO/c1-11-10-8-7-9-5-3-2-4-6-9/h2-7H,1H3. The highest BCUT2D eigenvalue weighted by molar-refractivity contribution is 5.77. The van der Waals surface area contributed by atoms with Crippen molar-refractivity contribution >= 4 is 11.9 Å². The van der Waals surface area contributed by atoms with Crippen molar-refractivity contribution in [1.82, 2.24) is 0 Å². The molecule has 1 aromatic carbocycles. The van der Waals surface area contributed by atoms with Gasteiger partial charge in [0.05, 0.1) is 0 Å². The number of hydrogen-bond acceptors (Lipinski definition) is 2. The Morgan fingerprint density at radius 3 is 2.73 bits per heavy atom. The van der Waals surface area contributed by atoms with Crippen LogP contribution in [0.2, 0.25) is 0 Å². The van der Waals surface area contributed by atoms with Crippen molar-refractivity contribution in [2.45, 2.75) is 0 Å². The van der Waals surface area contributed by atoms with Gasteiger partial charge in [-0.1, -0.05) is 30.3 Å². The molecule has 0 radical (unpaired) electrons. The molecule has 0 aliphatic carbocycles. The Labute approximate surface area is 65.8 Å². The van der Waals surface area contributed by atoms with Gasteiger partial charge in [0.2, 0.25) is 0 Å². The molecular weight excluding hydrogens is 138 g/mol. The maximum Gasteiger partial charge on any atom is 0.107 e. The van der Waals surface area contributed by atoms with Gasteiger partial charge in [-0.25, -0.2) is 0 Å². The van der Waals surface area contributed by atoms with E-state index < -0.39 is 0 Å². The molecule has 0 spiro atoms. The zero-order chi connectivity index (χ0) is 7.94. The fourth-order valence-electron chi connectivity index (χ4n) is 0.703. The first-order chi connectivity index (χ1) is 5.43. The molecular formula is C9H9NO. The molecule has 0 heterocycles. The second-order valence-electron chi connectivity index (χ2n) is 1.96. The highest BCUT2D eigenvalue weighted by Crippen LogP contribution is 1.97. The van der Waals surface area contributed by atoms with Gasteiger partial charge in [0.25, 0.3) is 0 Å². The van der Waals surface area contributed by atoms with E-state index in [0.717, 1.165) is 5.56 Å². The van der Waals surface area contributed by atoms with Crippen LogP contribution in [0, 0.1) is 0 Å². The zero-order valence-electron chi connectivity index (χ0n) is 6.32. The lowest BCUT2D eigenvalue weighted by atomic mass is 10.2. The molecule has 0 saturated heterocycles. The van der Waals surface area contributed by atoms with Crippen LogP contribution in [0.5, 0.6) is 0 Å². The average molecular weight is 147 g/mol. The summed E-state index contributed by atoms with van der Waals surface area (Å²) in [4.78, 5) is 4.45. The SMILES string of the molecule is CON=C=Cc1ccccc1. The van der Waals surface area contributed by atoms with Gasteiger partial charge in [0, 0.05) is 11.9 Å². The summed E-state index contributed by atoms with van der Waals surface area (Å²) >= 11 is 0. The van der Waals surface area contributed by atoms with Crippen LogP contribution >= 0.6 is 0 Å². The van der Waals surface area contributed by atoms with E-state index in [0.29, 0.717) is 0 Å². The first kappa shape index (κ1) is 7.58. The van der Waals surface area contributed by atoms with Gasteiger partial charge < -0.3 is 4.84 Å². The summed E-state index contributed by atoms with van der Waals surface area (Å²) in [6, 6.07) is 9.82. The molecule has 1 aromatic rings. The Bertz CT molecular complexity index is 260. The van der Waals surface area contributed by atoms with Crippen molar-refractivity contribution in [2.24, 2.45) is 5.16 Å². The lowest BCUT2D eigenvalue weighted by Crippen LogP contribution is -1.69. The summed E-state index contributed by atoms with van der Waals surface area (Å²) in [6.07, 6.45) is 1.75. The minimum atomic E-state index is 1.06. The van der Waals surface area contributed by atoms with Crippen molar-refractivity contribution in [3.63, 3.8) is 0 Å². The summed E-state index contributed by atoms with van der Waals surface area (Å²) in [7, 11) is 1.49. The van der Waals surface area contributed by atoms with E-state index in [9.17, 15) is 0 Å². The maximum absolute atomic E-state index is 4.45. The fraction of sp³-hybridized carbons (Fsp3) is 0.111. The minimum absolute atomic E-state index is 1.06. The van der Waals surface area contributed by atoms with Crippen molar-refractivity contribution in [2.75, 3.05) is 7.11 Å². The van der Waals surface area contributed by atoms with Crippen LogP contribution in [0.25, 0.3) is 6.08 Å². The lowest BCUT2D eigenvalue weighted by molar-refractivity contribution is 0.216. The third-order valence-electron chi connectivity index (χ3n) is 1.17. The average Bonchev–Trinajstić information content (AvgIpc) is 2.07. The molecule has 0 saturated carbocycles. The minimum Gasteiger partial charge on any atom is -0.392 e. The van der Waals surface area contributed by atoms with Gasteiger partial charge in [-0.15, -0.1) is 0 Å². The number of hydrogen-bond donors (Lipinski definition) is 0. The van der Waals surface area contributed by atoms with Gasteiger partial charge in [-0.05, 0) is 10.7 Å². The van der Waals surface area contributed by atoms with Gasteiger partial charge in [-0.3, -0.25) is 0 Å². The molecule has 0 amide bonds. The molecule has 1 rings (SSSR count). The van der Waals surface area contributed by atoms with Gasteiger partial charge in [-0.2, -0.15) is 0 Å². The molecule has 0 bridgehead atoms. The number of benzene rings is 1. The van der Waals surface area contributed by atoms with Crippen LogP contribution in [-0.2, 0) is 4.84 Å². The van der Waals surface area contributed by atoms with Crippen molar-refractivity contribution in [3.8, 4) is 0 Å². The molecule has 0 aliphatic heterocycles. The molecule has 11 heavy (non-hydrogen) atoms. The third kappa shape index (κ3) is 2.70. The van der Waals surface area contributed by atoms with Crippen LogP contribution in [0.1, 0.15) is 5.56 Å². The molecule has 56 valence electrons. The summed E-state index contributed by atoms with van der Waals surface area (Å²) in [6.45, 7) is 0. The Morgan fingerprint density at radius 2 is 2.09 bits per heavy atom. The Balaban J connectivity index is 2.72. The largest absolute Gasteiger partial charge is 0.392 e. The molecule has 0 fully saturated rings. The Morgan fingerprint density at radius 1 is 1.36 bits per heavy atom. The van der Waals surface area contributed by atoms with E-state index in [-0.39, 0.29) is 0 Å². The number of nitrogens with zero attached hydrogens (tertiary/aromatic N) is 1. The quantitative estimate of drug-likeness (QED) is 0.462. The first-order valence-electron chi connectivity index (χ1n) is 3.30. The highest BCUT2D eigenvalue weighted by atomic mass is 16.6. The second-order valence-corrected chi connectivity index (χ2v) is 1.96. The summed E-state index contributed by atoms with van der Waals surface area (Å²) in [5.41, 5.74) is 1.06. The van der Waals surface area contributed by atoms with Crippen LogP contribution in [0.4, 0.5) is 0 Å². The van der Waals surface area contributed by atoms with E-state index >= 15 is 0 Å². The molecule has 0 aromatic heterocycles. The van der Waals surface area contributed by atoms with Crippen LogP contribution < -0.4 is 0 Å². The van der Waals surface area contributed by atoms with Crippen LogP contribution in [0.3, 0.4) is 0 Å². The van der Waals surface area contributed by atoms with E-state index in [1.54, 1.807) is 6.08 Å².